The largest absolute Gasteiger partial charge is 0.351 e. The van der Waals surface area contributed by atoms with Crippen molar-refractivity contribution in [2.45, 2.75) is 56.5 Å². The van der Waals surface area contributed by atoms with Gasteiger partial charge in [0.1, 0.15) is 10.7 Å². The number of nitrogens with two attached hydrogens (primary N) is 1. The number of halogens is 1. The molecule has 1 fully saturated rings. The number of anilines is 2. The van der Waals surface area contributed by atoms with Gasteiger partial charge in [-0.05, 0) is 87.1 Å². The lowest BCUT2D eigenvalue weighted by Gasteiger charge is -2.26. The van der Waals surface area contributed by atoms with Gasteiger partial charge in [-0.15, -0.1) is 0 Å². The molecule has 0 spiro atoms. The molecule has 0 aliphatic heterocycles. The molecule has 2 aromatic heterocycles. The predicted octanol–water partition coefficient (Wildman–Crippen LogP) is 5.44. The number of aryl methyl sites for hydroxylation is 2. The van der Waals surface area contributed by atoms with Crippen LogP contribution in [0.3, 0.4) is 0 Å². The lowest BCUT2D eigenvalue weighted by Crippen LogP contribution is -2.33. The number of nitrogens with one attached hydrogen (secondary N) is 2. The van der Waals surface area contributed by atoms with Gasteiger partial charge in [0.2, 0.25) is 5.95 Å². The van der Waals surface area contributed by atoms with Crippen LogP contribution in [0, 0.1) is 13.8 Å². The molecule has 8 nitrogen and oxygen atoms in total. The summed E-state index contributed by atoms with van der Waals surface area (Å²) in [5, 5.41) is 4.52. The second-order valence-electron chi connectivity index (χ2n) is 9.54. The van der Waals surface area contributed by atoms with Gasteiger partial charge in [-0.25, -0.2) is 23.4 Å². The van der Waals surface area contributed by atoms with E-state index in [0.717, 1.165) is 53.3 Å². The number of benzene rings is 2. The Balaban J connectivity index is 1.38. The Morgan fingerprint density at radius 2 is 1.73 bits per heavy atom. The lowest BCUT2D eigenvalue weighted by atomic mass is 9.92. The molecule has 0 bridgehead atoms. The first kappa shape index (κ1) is 25.4. The maximum absolute atomic E-state index is 12.8. The Morgan fingerprint density at radius 3 is 2.46 bits per heavy atom. The molecule has 37 heavy (non-hydrogen) atoms. The van der Waals surface area contributed by atoms with Crippen LogP contribution in [0.25, 0.3) is 22.0 Å². The summed E-state index contributed by atoms with van der Waals surface area (Å²) in [7, 11) is -3.87. The zero-order valence-corrected chi connectivity index (χ0v) is 22.3. The highest BCUT2D eigenvalue weighted by Gasteiger charge is 2.20. The summed E-state index contributed by atoms with van der Waals surface area (Å²) in [4.78, 5) is 13.8. The first-order chi connectivity index (χ1) is 17.7. The highest BCUT2D eigenvalue weighted by atomic mass is 35.5. The quantitative estimate of drug-likeness (QED) is 0.299. The molecule has 192 valence electrons. The highest BCUT2D eigenvalue weighted by Crippen LogP contribution is 2.31. The van der Waals surface area contributed by atoms with Crippen molar-refractivity contribution in [2.75, 3.05) is 10.0 Å². The van der Waals surface area contributed by atoms with E-state index in [1.807, 2.05) is 38.2 Å². The third-order valence-electron chi connectivity index (χ3n) is 6.77. The number of pyridine rings is 1. The minimum Gasteiger partial charge on any atom is -0.351 e. The van der Waals surface area contributed by atoms with Crippen molar-refractivity contribution in [3.63, 3.8) is 0 Å². The number of nitrogens with zero attached hydrogens (tertiary/aromatic N) is 3. The molecule has 0 saturated heterocycles. The summed E-state index contributed by atoms with van der Waals surface area (Å²) in [6.07, 6.45) is 5.91. The zero-order chi connectivity index (χ0) is 26.2. The second-order valence-corrected chi connectivity index (χ2v) is 11.6. The van der Waals surface area contributed by atoms with Gasteiger partial charge in [-0.1, -0.05) is 23.7 Å². The van der Waals surface area contributed by atoms with E-state index >= 15 is 0 Å². The highest BCUT2D eigenvalue weighted by molar-refractivity contribution is 7.92. The number of rotatable bonds is 6. The van der Waals surface area contributed by atoms with Crippen LogP contribution in [-0.4, -0.2) is 35.5 Å². The van der Waals surface area contributed by atoms with Crippen LogP contribution in [0.1, 0.15) is 36.9 Å². The summed E-state index contributed by atoms with van der Waals surface area (Å²) >= 11 is 6.08. The molecule has 1 saturated carbocycles. The molecule has 4 N–H and O–H groups in total. The van der Waals surface area contributed by atoms with E-state index in [-0.39, 0.29) is 15.7 Å². The number of sulfonamides is 1. The molecule has 0 unspecified atom stereocenters. The smallest absolute Gasteiger partial charge is 0.264 e. The van der Waals surface area contributed by atoms with Gasteiger partial charge >= 0.3 is 0 Å². The van der Waals surface area contributed by atoms with Gasteiger partial charge in [0.15, 0.2) is 0 Å². The molecule has 5 rings (SSSR count). The Bertz CT molecular complexity index is 1570. The monoisotopic (exact) mass is 536 g/mol. The molecule has 2 heterocycles. The van der Waals surface area contributed by atoms with E-state index in [2.05, 4.69) is 20.0 Å². The normalized spacial score (nSPS) is 18.1. The van der Waals surface area contributed by atoms with Gasteiger partial charge in [0.05, 0.1) is 10.5 Å². The first-order valence-electron chi connectivity index (χ1n) is 12.2. The Morgan fingerprint density at radius 1 is 0.973 bits per heavy atom. The van der Waals surface area contributed by atoms with E-state index in [1.54, 1.807) is 18.2 Å². The molecular weight excluding hydrogens is 508 g/mol. The minimum atomic E-state index is -3.87. The van der Waals surface area contributed by atoms with Crippen LogP contribution < -0.4 is 15.8 Å². The van der Waals surface area contributed by atoms with Crippen molar-refractivity contribution < 1.29 is 8.42 Å². The Kier molecular flexibility index (Phi) is 7.02. The van der Waals surface area contributed by atoms with Crippen LogP contribution in [0.15, 0.2) is 59.6 Å². The molecule has 0 radical (unpaired) electrons. The average molecular weight is 537 g/mol. The maximum atomic E-state index is 12.8. The molecule has 10 heteroatoms. The first-order valence-corrected chi connectivity index (χ1v) is 14.1. The molecule has 1 aliphatic carbocycles. The zero-order valence-electron chi connectivity index (χ0n) is 20.7. The van der Waals surface area contributed by atoms with E-state index in [1.165, 1.54) is 12.1 Å². The summed E-state index contributed by atoms with van der Waals surface area (Å²) in [5.74, 6) is 0.857. The van der Waals surface area contributed by atoms with Gasteiger partial charge in [-0.2, -0.15) is 0 Å². The van der Waals surface area contributed by atoms with Crippen LogP contribution in [0.4, 0.5) is 11.8 Å². The number of aromatic nitrogens is 3. The summed E-state index contributed by atoms with van der Waals surface area (Å²) in [6.45, 7) is 3.88. The van der Waals surface area contributed by atoms with Gasteiger partial charge in [0, 0.05) is 34.9 Å². The predicted molar refractivity (Wildman–Crippen MR) is 148 cm³/mol. The average Bonchev–Trinajstić information content (AvgIpc) is 2.85. The number of hydrogen-bond donors (Lipinski definition) is 3. The third-order valence-corrected chi connectivity index (χ3v) is 8.63. The van der Waals surface area contributed by atoms with E-state index in [4.69, 9.17) is 22.3 Å². The number of fused-ring (bicyclic) bond motifs is 1. The molecule has 1 aliphatic rings. The second kappa shape index (κ2) is 10.2. The topological polar surface area (TPSA) is 123 Å². The fourth-order valence-electron chi connectivity index (χ4n) is 4.75. The molecular formula is C27H29ClN6O2S. The molecule has 4 aromatic rings. The Hall–Kier alpha value is -3.27. The summed E-state index contributed by atoms with van der Waals surface area (Å²) in [6, 6.07) is 14.6. The minimum absolute atomic E-state index is 0.00601. The lowest BCUT2D eigenvalue weighted by molar-refractivity contribution is 0.410. The van der Waals surface area contributed by atoms with Gasteiger partial charge in [-0.3, -0.25) is 4.72 Å². The van der Waals surface area contributed by atoms with E-state index < -0.39 is 10.0 Å². The fourth-order valence-corrected chi connectivity index (χ4v) is 6.27. The summed E-state index contributed by atoms with van der Waals surface area (Å²) in [5.41, 5.74) is 10.5. The van der Waals surface area contributed by atoms with Gasteiger partial charge in [0.25, 0.3) is 10.0 Å². The van der Waals surface area contributed by atoms with Crippen LogP contribution >= 0.6 is 11.6 Å². The van der Waals surface area contributed by atoms with Crippen molar-refractivity contribution >= 4 is 44.3 Å². The van der Waals surface area contributed by atoms with Crippen LogP contribution in [0.2, 0.25) is 5.02 Å². The van der Waals surface area contributed by atoms with E-state index in [0.29, 0.717) is 23.7 Å². The van der Waals surface area contributed by atoms with Crippen LogP contribution in [-0.2, 0) is 10.0 Å². The fraction of sp³-hybridized carbons (Fsp3) is 0.296. The SMILES string of the molecule is Cc1cc2nc(N[C@H]3CC[C@H](N)CC3)ncc2cc1-c1ccc(NS(=O)(=O)c2ccccc2Cl)nc1C. The molecule has 0 atom stereocenters. The summed E-state index contributed by atoms with van der Waals surface area (Å²) < 4.78 is 28.1. The maximum Gasteiger partial charge on any atom is 0.264 e. The molecule has 2 aromatic carbocycles. The third kappa shape index (κ3) is 5.53. The van der Waals surface area contributed by atoms with Crippen molar-refractivity contribution in [1.29, 1.82) is 0 Å². The molecule has 0 amide bonds. The Labute approximate surface area is 221 Å². The van der Waals surface area contributed by atoms with Gasteiger partial charge < -0.3 is 11.1 Å². The van der Waals surface area contributed by atoms with Crippen LogP contribution in [0.5, 0.6) is 0 Å². The van der Waals surface area contributed by atoms with E-state index in [9.17, 15) is 8.42 Å². The van der Waals surface area contributed by atoms with Crippen molar-refractivity contribution in [3.05, 3.63) is 71.0 Å². The van der Waals surface area contributed by atoms with Crippen molar-refractivity contribution in [3.8, 4) is 11.1 Å². The van der Waals surface area contributed by atoms with Crippen molar-refractivity contribution in [2.24, 2.45) is 5.73 Å². The standard InChI is InChI=1S/C27H29ClN6O2S/c1-16-13-24-18(15-30-27(33-24)32-20-9-7-19(29)8-10-20)14-22(16)21-11-12-26(31-17(21)2)34-37(35,36)25-6-4-3-5-23(25)28/h3-6,11-15,19-20H,7-10,29H2,1-2H3,(H,31,34)(H,30,32,33)/t19-,20-. The number of hydrogen-bond acceptors (Lipinski definition) is 7. The van der Waals surface area contributed by atoms with Crippen molar-refractivity contribution in [1.82, 2.24) is 15.0 Å².